The van der Waals surface area contributed by atoms with Gasteiger partial charge in [-0.15, -0.1) is 0 Å². The Kier molecular flexibility index (Phi) is 2.49. The van der Waals surface area contributed by atoms with E-state index in [0.717, 1.165) is 22.6 Å². The maximum absolute atomic E-state index is 6.14. The van der Waals surface area contributed by atoms with Crippen LogP contribution in [0.3, 0.4) is 0 Å². The molecule has 0 fully saturated rings. The van der Waals surface area contributed by atoms with Gasteiger partial charge in [-0.25, -0.2) is 0 Å². The maximum atomic E-state index is 6.14. The molecule has 1 unspecified atom stereocenters. The number of aromatic nitrogens is 2. The number of rotatable bonds is 1. The molecule has 1 aliphatic heterocycles. The molecule has 3 heteroatoms. The van der Waals surface area contributed by atoms with E-state index < -0.39 is 0 Å². The van der Waals surface area contributed by atoms with Crippen molar-refractivity contribution in [3.8, 4) is 16.9 Å². The average Bonchev–Trinajstić information content (AvgIpc) is 2.55. The highest BCUT2D eigenvalue weighted by Crippen LogP contribution is 2.43. The Labute approximate surface area is 116 Å². The molecule has 0 saturated heterocycles. The molecular weight excluding hydrogens is 248 g/mol. The molecule has 2 aromatic carbocycles. The predicted molar refractivity (Wildman–Crippen MR) is 76.4 cm³/mol. The molecule has 0 saturated carbocycles. The quantitative estimate of drug-likeness (QED) is 0.670. The molecule has 20 heavy (non-hydrogen) atoms. The van der Waals surface area contributed by atoms with Crippen LogP contribution in [0.4, 0.5) is 0 Å². The van der Waals surface area contributed by atoms with E-state index >= 15 is 0 Å². The third-order valence-corrected chi connectivity index (χ3v) is 3.52. The van der Waals surface area contributed by atoms with Gasteiger partial charge in [-0.3, -0.25) is 9.97 Å². The number of nitrogens with zero attached hydrogens (tertiary/aromatic N) is 2. The van der Waals surface area contributed by atoms with Crippen molar-refractivity contribution < 1.29 is 4.74 Å². The van der Waals surface area contributed by atoms with Crippen LogP contribution in [0.25, 0.3) is 11.1 Å². The topological polar surface area (TPSA) is 35.0 Å². The fourth-order valence-electron chi connectivity index (χ4n) is 2.62. The largest absolute Gasteiger partial charge is 0.479 e. The van der Waals surface area contributed by atoms with Gasteiger partial charge in [0.2, 0.25) is 0 Å². The summed E-state index contributed by atoms with van der Waals surface area (Å²) in [7, 11) is 0. The predicted octanol–water partition coefficient (Wildman–Crippen LogP) is 3.63. The van der Waals surface area contributed by atoms with Gasteiger partial charge in [-0.05, 0) is 11.6 Å². The summed E-state index contributed by atoms with van der Waals surface area (Å²) >= 11 is 0. The van der Waals surface area contributed by atoms with Crippen LogP contribution < -0.4 is 4.74 Å². The van der Waals surface area contributed by atoms with Crippen molar-refractivity contribution in [1.29, 1.82) is 0 Å². The van der Waals surface area contributed by atoms with Crippen LogP contribution in [0.1, 0.15) is 17.4 Å². The fourth-order valence-corrected chi connectivity index (χ4v) is 2.62. The SMILES string of the molecule is c1ccc2c(c1)OC(c1cnccn1)c1ccccc1-2. The van der Waals surface area contributed by atoms with E-state index in [1.165, 1.54) is 5.56 Å². The van der Waals surface area contributed by atoms with Crippen LogP contribution >= 0.6 is 0 Å². The summed E-state index contributed by atoms with van der Waals surface area (Å²) in [5.41, 5.74) is 4.29. The molecular formula is C17H12N2O. The van der Waals surface area contributed by atoms with E-state index in [1.807, 2.05) is 24.3 Å². The minimum Gasteiger partial charge on any atom is -0.479 e. The summed E-state index contributed by atoms with van der Waals surface area (Å²) in [5.74, 6) is 0.891. The van der Waals surface area contributed by atoms with Gasteiger partial charge in [0.1, 0.15) is 11.4 Å². The van der Waals surface area contributed by atoms with Gasteiger partial charge in [-0.1, -0.05) is 42.5 Å². The van der Waals surface area contributed by atoms with Gasteiger partial charge in [-0.2, -0.15) is 0 Å². The van der Waals surface area contributed by atoms with Crippen LogP contribution in [-0.4, -0.2) is 9.97 Å². The first kappa shape index (κ1) is 11.2. The van der Waals surface area contributed by atoms with Crippen molar-refractivity contribution in [3.05, 3.63) is 78.4 Å². The molecule has 1 aliphatic rings. The van der Waals surface area contributed by atoms with Gasteiger partial charge >= 0.3 is 0 Å². The molecule has 1 atom stereocenters. The highest BCUT2D eigenvalue weighted by Gasteiger charge is 2.27. The first-order valence-electron chi connectivity index (χ1n) is 6.54. The van der Waals surface area contributed by atoms with E-state index in [4.69, 9.17) is 4.74 Å². The van der Waals surface area contributed by atoms with E-state index in [2.05, 4.69) is 34.2 Å². The average molecular weight is 260 g/mol. The Hall–Kier alpha value is -2.68. The summed E-state index contributed by atoms with van der Waals surface area (Å²) in [4.78, 5) is 8.53. The smallest absolute Gasteiger partial charge is 0.168 e. The van der Waals surface area contributed by atoms with Crippen LogP contribution in [0.15, 0.2) is 67.1 Å². The van der Waals surface area contributed by atoms with Crippen molar-refractivity contribution in [2.75, 3.05) is 0 Å². The highest BCUT2D eigenvalue weighted by molar-refractivity contribution is 5.76. The van der Waals surface area contributed by atoms with E-state index in [0.29, 0.717) is 0 Å². The minimum atomic E-state index is -0.199. The second-order valence-corrected chi connectivity index (χ2v) is 4.71. The number of hydrogen-bond acceptors (Lipinski definition) is 3. The zero-order valence-electron chi connectivity index (χ0n) is 10.7. The molecule has 3 nitrogen and oxygen atoms in total. The molecule has 96 valence electrons. The number of ether oxygens (including phenoxy) is 1. The van der Waals surface area contributed by atoms with E-state index in [9.17, 15) is 0 Å². The summed E-state index contributed by atoms with van der Waals surface area (Å²) in [6, 6.07) is 16.4. The summed E-state index contributed by atoms with van der Waals surface area (Å²) in [6.45, 7) is 0. The third kappa shape index (κ3) is 1.67. The summed E-state index contributed by atoms with van der Waals surface area (Å²) < 4.78 is 6.14. The Morgan fingerprint density at radius 1 is 0.850 bits per heavy atom. The van der Waals surface area contributed by atoms with Crippen molar-refractivity contribution in [3.63, 3.8) is 0 Å². The number of fused-ring (bicyclic) bond motifs is 3. The van der Waals surface area contributed by atoms with Crippen molar-refractivity contribution in [2.45, 2.75) is 6.10 Å². The molecule has 1 aromatic heterocycles. The molecule has 0 aliphatic carbocycles. The van der Waals surface area contributed by atoms with Crippen LogP contribution in [0.2, 0.25) is 0 Å². The lowest BCUT2D eigenvalue weighted by atomic mass is 9.92. The number of benzene rings is 2. The molecule has 0 bridgehead atoms. The summed E-state index contributed by atoms with van der Waals surface area (Å²) in [6.07, 6.45) is 4.93. The van der Waals surface area contributed by atoms with Crippen LogP contribution in [0, 0.1) is 0 Å². The second-order valence-electron chi connectivity index (χ2n) is 4.71. The monoisotopic (exact) mass is 260 g/mol. The Morgan fingerprint density at radius 3 is 2.50 bits per heavy atom. The molecule has 3 aromatic rings. The minimum absolute atomic E-state index is 0.199. The molecule has 2 heterocycles. The first-order chi connectivity index (χ1) is 9.93. The van der Waals surface area contributed by atoms with Gasteiger partial charge in [0.15, 0.2) is 6.10 Å². The first-order valence-corrected chi connectivity index (χ1v) is 6.54. The zero-order chi connectivity index (χ0) is 13.4. The van der Waals surface area contributed by atoms with Gasteiger partial charge in [0.25, 0.3) is 0 Å². The normalized spacial score (nSPS) is 15.9. The molecule has 0 N–H and O–H groups in total. The maximum Gasteiger partial charge on any atom is 0.168 e. The highest BCUT2D eigenvalue weighted by atomic mass is 16.5. The third-order valence-electron chi connectivity index (χ3n) is 3.52. The molecule has 4 rings (SSSR count). The van der Waals surface area contributed by atoms with Gasteiger partial charge in [0.05, 0.1) is 6.20 Å². The summed E-state index contributed by atoms with van der Waals surface area (Å²) in [5, 5.41) is 0. The lowest BCUT2D eigenvalue weighted by Gasteiger charge is -2.28. The van der Waals surface area contributed by atoms with Crippen LogP contribution in [-0.2, 0) is 0 Å². The Bertz CT molecular complexity index is 756. The number of hydrogen-bond donors (Lipinski definition) is 0. The lowest BCUT2D eigenvalue weighted by Crippen LogP contribution is -2.16. The molecule has 0 amide bonds. The van der Waals surface area contributed by atoms with E-state index in [-0.39, 0.29) is 6.10 Å². The van der Waals surface area contributed by atoms with Gasteiger partial charge in [0, 0.05) is 23.5 Å². The second kappa shape index (κ2) is 4.46. The van der Waals surface area contributed by atoms with Crippen molar-refractivity contribution in [2.24, 2.45) is 0 Å². The Balaban J connectivity index is 1.93. The van der Waals surface area contributed by atoms with Crippen molar-refractivity contribution in [1.82, 2.24) is 9.97 Å². The zero-order valence-corrected chi connectivity index (χ0v) is 10.7. The fraction of sp³-hybridized carbons (Fsp3) is 0.0588. The standard InChI is InChI=1S/C17H12N2O/c1-2-7-14-12(5-1)13-6-3-4-8-16(13)20-17(14)15-11-18-9-10-19-15/h1-11,17H. The lowest BCUT2D eigenvalue weighted by molar-refractivity contribution is 0.238. The van der Waals surface area contributed by atoms with E-state index in [1.54, 1.807) is 18.6 Å². The molecule has 0 radical (unpaired) electrons. The van der Waals surface area contributed by atoms with Crippen molar-refractivity contribution >= 4 is 0 Å². The number of para-hydroxylation sites is 1. The Morgan fingerprint density at radius 2 is 1.65 bits per heavy atom. The van der Waals surface area contributed by atoms with Gasteiger partial charge < -0.3 is 4.74 Å². The molecule has 0 spiro atoms. The van der Waals surface area contributed by atoms with Crippen LogP contribution in [0.5, 0.6) is 5.75 Å².